The van der Waals surface area contributed by atoms with Crippen molar-refractivity contribution in [2.45, 2.75) is 19.9 Å². The highest BCUT2D eigenvalue weighted by atomic mass is 16.1. The number of nitrogens with one attached hydrogen (secondary N) is 1. The number of carbonyl (C=O) groups excluding carboxylic acids is 1. The van der Waals surface area contributed by atoms with Gasteiger partial charge in [-0.1, -0.05) is 60.2 Å². The Hall–Kier alpha value is -2.88. The molecule has 1 N–H and O–H groups in total. The normalized spacial score (nSPS) is 10.5. The summed E-state index contributed by atoms with van der Waals surface area (Å²) in [7, 11) is 0. The van der Waals surface area contributed by atoms with E-state index < -0.39 is 0 Å². The van der Waals surface area contributed by atoms with Crippen LogP contribution in [-0.4, -0.2) is 15.7 Å². The maximum absolute atomic E-state index is 12.1. The van der Waals surface area contributed by atoms with Crippen LogP contribution in [0.2, 0.25) is 0 Å². The fourth-order valence-electron chi connectivity index (χ4n) is 2.37. The first-order chi connectivity index (χ1) is 11.2. The van der Waals surface area contributed by atoms with Crippen LogP contribution >= 0.6 is 0 Å². The van der Waals surface area contributed by atoms with Gasteiger partial charge in [0.25, 0.3) is 0 Å². The zero-order valence-electron chi connectivity index (χ0n) is 13.1. The van der Waals surface area contributed by atoms with Crippen LogP contribution in [0.4, 0.5) is 5.82 Å². The highest BCUT2D eigenvalue weighted by Crippen LogP contribution is 2.08. The summed E-state index contributed by atoms with van der Waals surface area (Å²) in [5.41, 5.74) is 3.36. The molecule has 0 radical (unpaired) electrons. The summed E-state index contributed by atoms with van der Waals surface area (Å²) in [6, 6.07) is 19.9. The van der Waals surface area contributed by atoms with E-state index in [-0.39, 0.29) is 5.91 Å². The van der Waals surface area contributed by atoms with Crippen molar-refractivity contribution >= 4 is 11.7 Å². The smallest absolute Gasteiger partial charge is 0.229 e. The average Bonchev–Trinajstić information content (AvgIpc) is 2.97. The molecule has 0 aliphatic rings. The number of anilines is 1. The van der Waals surface area contributed by atoms with Gasteiger partial charge in [0.05, 0.1) is 13.0 Å². The maximum atomic E-state index is 12.1. The van der Waals surface area contributed by atoms with E-state index in [1.54, 1.807) is 0 Å². The van der Waals surface area contributed by atoms with Gasteiger partial charge in [-0.25, -0.2) is 0 Å². The number of hydrogen-bond donors (Lipinski definition) is 1. The third-order valence-corrected chi connectivity index (χ3v) is 3.58. The molecule has 0 spiro atoms. The molecule has 0 unspecified atom stereocenters. The molecule has 0 aliphatic carbocycles. The molecule has 23 heavy (non-hydrogen) atoms. The van der Waals surface area contributed by atoms with Gasteiger partial charge in [0.2, 0.25) is 5.91 Å². The van der Waals surface area contributed by atoms with Gasteiger partial charge in [0, 0.05) is 12.3 Å². The zero-order valence-corrected chi connectivity index (χ0v) is 13.1. The predicted octanol–water partition coefficient (Wildman–Crippen LogP) is 3.42. The van der Waals surface area contributed by atoms with E-state index in [1.807, 2.05) is 66.3 Å². The lowest BCUT2D eigenvalue weighted by molar-refractivity contribution is -0.115. The first-order valence-corrected chi connectivity index (χ1v) is 7.62. The Morgan fingerprint density at radius 1 is 1.00 bits per heavy atom. The van der Waals surface area contributed by atoms with E-state index in [2.05, 4.69) is 22.5 Å². The molecule has 0 fully saturated rings. The summed E-state index contributed by atoms with van der Waals surface area (Å²) >= 11 is 0. The molecule has 0 aliphatic heterocycles. The standard InChI is InChI=1S/C19H19N3O/c1-15-7-9-16(10-8-15)13-19(23)20-18-11-12-22(21-18)14-17-5-3-2-4-6-17/h2-12H,13-14H2,1H3,(H,20,21,23). The number of aromatic nitrogens is 2. The maximum Gasteiger partial charge on any atom is 0.229 e. The minimum absolute atomic E-state index is 0.0567. The molecule has 1 amide bonds. The first kappa shape index (κ1) is 15.0. The second kappa shape index (κ2) is 6.92. The zero-order chi connectivity index (χ0) is 16.1. The average molecular weight is 305 g/mol. The van der Waals surface area contributed by atoms with Gasteiger partial charge in [0.15, 0.2) is 5.82 Å². The molecule has 3 aromatic rings. The molecule has 1 aromatic heterocycles. The Morgan fingerprint density at radius 3 is 2.48 bits per heavy atom. The number of amides is 1. The molecule has 116 valence electrons. The van der Waals surface area contributed by atoms with E-state index in [0.717, 1.165) is 5.56 Å². The van der Waals surface area contributed by atoms with Crippen molar-refractivity contribution in [3.63, 3.8) is 0 Å². The second-order valence-corrected chi connectivity index (χ2v) is 5.59. The van der Waals surface area contributed by atoms with E-state index in [1.165, 1.54) is 11.1 Å². The molecular formula is C19H19N3O. The Kier molecular flexibility index (Phi) is 4.52. The van der Waals surface area contributed by atoms with Crippen molar-refractivity contribution in [1.29, 1.82) is 0 Å². The number of carbonyl (C=O) groups is 1. The lowest BCUT2D eigenvalue weighted by atomic mass is 10.1. The Morgan fingerprint density at radius 2 is 1.74 bits per heavy atom. The predicted molar refractivity (Wildman–Crippen MR) is 91.3 cm³/mol. The van der Waals surface area contributed by atoms with Crippen LogP contribution in [0.3, 0.4) is 0 Å². The van der Waals surface area contributed by atoms with Crippen LogP contribution < -0.4 is 5.32 Å². The number of benzene rings is 2. The Balaban J connectivity index is 1.58. The monoisotopic (exact) mass is 305 g/mol. The minimum Gasteiger partial charge on any atom is -0.309 e. The topological polar surface area (TPSA) is 46.9 Å². The number of hydrogen-bond acceptors (Lipinski definition) is 2. The van der Waals surface area contributed by atoms with Crippen molar-refractivity contribution in [2.75, 3.05) is 5.32 Å². The van der Waals surface area contributed by atoms with Gasteiger partial charge in [0.1, 0.15) is 0 Å². The van der Waals surface area contributed by atoms with Gasteiger partial charge >= 0.3 is 0 Å². The van der Waals surface area contributed by atoms with Gasteiger partial charge in [-0.05, 0) is 18.1 Å². The van der Waals surface area contributed by atoms with Gasteiger partial charge in [-0.15, -0.1) is 0 Å². The summed E-state index contributed by atoms with van der Waals surface area (Å²) in [6.45, 7) is 2.72. The third-order valence-electron chi connectivity index (χ3n) is 3.58. The lowest BCUT2D eigenvalue weighted by Gasteiger charge is -2.04. The van der Waals surface area contributed by atoms with Gasteiger partial charge in [-0.3, -0.25) is 9.48 Å². The quantitative estimate of drug-likeness (QED) is 0.785. The second-order valence-electron chi connectivity index (χ2n) is 5.59. The molecule has 0 atom stereocenters. The summed E-state index contributed by atoms with van der Waals surface area (Å²) in [4.78, 5) is 12.1. The fourth-order valence-corrected chi connectivity index (χ4v) is 2.37. The Bertz CT molecular complexity index is 776. The summed E-state index contributed by atoms with van der Waals surface area (Å²) in [5, 5.41) is 7.23. The molecule has 0 saturated heterocycles. The van der Waals surface area contributed by atoms with Crippen LogP contribution in [-0.2, 0) is 17.8 Å². The third kappa shape index (κ3) is 4.30. The summed E-state index contributed by atoms with van der Waals surface area (Å²) in [6.07, 6.45) is 2.22. The first-order valence-electron chi connectivity index (χ1n) is 7.62. The molecule has 1 heterocycles. The van der Waals surface area contributed by atoms with E-state index in [0.29, 0.717) is 18.8 Å². The molecule has 0 saturated carbocycles. The highest BCUT2D eigenvalue weighted by molar-refractivity contribution is 5.91. The van der Waals surface area contributed by atoms with Crippen LogP contribution in [0.1, 0.15) is 16.7 Å². The largest absolute Gasteiger partial charge is 0.309 e. The van der Waals surface area contributed by atoms with Crippen molar-refractivity contribution in [3.05, 3.63) is 83.6 Å². The Labute approximate surface area is 135 Å². The molecule has 4 nitrogen and oxygen atoms in total. The van der Waals surface area contributed by atoms with Crippen LogP contribution in [0.5, 0.6) is 0 Å². The van der Waals surface area contributed by atoms with Crippen LogP contribution in [0, 0.1) is 6.92 Å². The van der Waals surface area contributed by atoms with Crippen LogP contribution in [0.15, 0.2) is 66.9 Å². The van der Waals surface area contributed by atoms with Crippen molar-refractivity contribution in [2.24, 2.45) is 0 Å². The van der Waals surface area contributed by atoms with E-state index in [4.69, 9.17) is 0 Å². The van der Waals surface area contributed by atoms with E-state index in [9.17, 15) is 4.79 Å². The van der Waals surface area contributed by atoms with E-state index >= 15 is 0 Å². The lowest BCUT2D eigenvalue weighted by Crippen LogP contribution is -2.15. The molecule has 3 rings (SSSR count). The van der Waals surface area contributed by atoms with Crippen molar-refractivity contribution in [1.82, 2.24) is 9.78 Å². The molecular weight excluding hydrogens is 286 g/mol. The van der Waals surface area contributed by atoms with Crippen LogP contribution in [0.25, 0.3) is 0 Å². The fraction of sp³-hybridized carbons (Fsp3) is 0.158. The van der Waals surface area contributed by atoms with Gasteiger partial charge in [-0.2, -0.15) is 5.10 Å². The number of nitrogens with zero attached hydrogens (tertiary/aromatic N) is 2. The van der Waals surface area contributed by atoms with Crippen molar-refractivity contribution in [3.8, 4) is 0 Å². The molecule has 0 bridgehead atoms. The van der Waals surface area contributed by atoms with Gasteiger partial charge < -0.3 is 5.32 Å². The number of rotatable bonds is 5. The SMILES string of the molecule is Cc1ccc(CC(=O)Nc2ccn(Cc3ccccc3)n2)cc1. The molecule has 4 heteroatoms. The number of aryl methyl sites for hydroxylation is 1. The molecule has 2 aromatic carbocycles. The van der Waals surface area contributed by atoms with Crippen molar-refractivity contribution < 1.29 is 4.79 Å². The highest BCUT2D eigenvalue weighted by Gasteiger charge is 2.06. The summed E-state index contributed by atoms with van der Waals surface area (Å²) in [5.74, 6) is 0.525. The minimum atomic E-state index is -0.0567. The summed E-state index contributed by atoms with van der Waals surface area (Å²) < 4.78 is 1.82.